The zero-order chi connectivity index (χ0) is 15.1. The van der Waals surface area contributed by atoms with Crippen LogP contribution in [-0.2, 0) is 9.53 Å². The average Bonchev–Trinajstić information content (AvgIpc) is 3.01. The predicted octanol–water partition coefficient (Wildman–Crippen LogP) is 2.82. The van der Waals surface area contributed by atoms with Gasteiger partial charge in [-0.2, -0.15) is 0 Å². The van der Waals surface area contributed by atoms with E-state index in [-0.39, 0.29) is 18.6 Å². The molecule has 2 rings (SSSR count). The number of furan rings is 1. The Balaban J connectivity index is 1.75. The van der Waals surface area contributed by atoms with Crippen molar-refractivity contribution in [2.75, 3.05) is 20.3 Å². The van der Waals surface area contributed by atoms with Crippen LogP contribution in [0.3, 0.4) is 0 Å². The van der Waals surface area contributed by atoms with Crippen molar-refractivity contribution in [2.45, 2.75) is 6.10 Å². The monoisotopic (exact) mass is 309 g/mol. The third-order valence-corrected chi connectivity index (χ3v) is 3.07. The molecule has 1 aromatic carbocycles. The molecular formula is C15H16ClNO4. The first kappa shape index (κ1) is 15.4. The van der Waals surface area contributed by atoms with E-state index < -0.39 is 0 Å². The van der Waals surface area contributed by atoms with Crippen LogP contribution in [0.4, 0.5) is 0 Å². The number of methoxy groups -OCH3 is 1. The van der Waals surface area contributed by atoms with Crippen LogP contribution in [0.1, 0.15) is 11.9 Å². The topological polar surface area (TPSA) is 60.7 Å². The average molecular weight is 310 g/mol. The quantitative estimate of drug-likeness (QED) is 0.854. The maximum Gasteiger partial charge on any atom is 0.258 e. The SMILES string of the molecule is CO[C@@H](CNC(=O)COc1ccc(Cl)cc1)c1ccco1. The predicted molar refractivity (Wildman–Crippen MR) is 78.4 cm³/mol. The molecule has 0 radical (unpaired) electrons. The van der Waals surface area contributed by atoms with Gasteiger partial charge in [-0.3, -0.25) is 4.79 Å². The lowest BCUT2D eigenvalue weighted by molar-refractivity contribution is -0.123. The molecule has 0 bridgehead atoms. The Labute approximate surface area is 127 Å². The van der Waals surface area contributed by atoms with E-state index in [4.69, 9.17) is 25.5 Å². The highest BCUT2D eigenvalue weighted by molar-refractivity contribution is 6.30. The summed E-state index contributed by atoms with van der Waals surface area (Å²) in [7, 11) is 1.56. The second kappa shape index (κ2) is 7.71. The standard InChI is InChI=1S/C15H16ClNO4/c1-19-14(13-3-2-8-20-13)9-17-15(18)10-21-12-6-4-11(16)5-7-12/h2-8,14H,9-10H2,1H3,(H,17,18)/t14-/m0/s1. The van der Waals surface area contributed by atoms with Gasteiger partial charge in [-0.25, -0.2) is 0 Å². The second-order valence-electron chi connectivity index (χ2n) is 4.29. The molecule has 1 aromatic heterocycles. The normalized spacial score (nSPS) is 11.9. The molecule has 1 N–H and O–H groups in total. The van der Waals surface area contributed by atoms with E-state index in [9.17, 15) is 4.79 Å². The summed E-state index contributed by atoms with van der Waals surface area (Å²) >= 11 is 5.77. The lowest BCUT2D eigenvalue weighted by Gasteiger charge is -2.14. The molecule has 21 heavy (non-hydrogen) atoms. The van der Waals surface area contributed by atoms with E-state index in [0.717, 1.165) is 0 Å². The minimum atomic E-state index is -0.320. The first-order valence-electron chi connectivity index (χ1n) is 6.40. The van der Waals surface area contributed by atoms with Gasteiger partial charge in [0, 0.05) is 12.1 Å². The summed E-state index contributed by atoms with van der Waals surface area (Å²) in [5.41, 5.74) is 0. The van der Waals surface area contributed by atoms with Gasteiger partial charge in [-0.05, 0) is 36.4 Å². The first-order chi connectivity index (χ1) is 10.2. The number of hydrogen-bond donors (Lipinski definition) is 1. The summed E-state index contributed by atoms with van der Waals surface area (Å²) in [5.74, 6) is 1.01. The lowest BCUT2D eigenvalue weighted by atomic mass is 10.2. The van der Waals surface area contributed by atoms with Crippen LogP contribution in [0.15, 0.2) is 47.1 Å². The molecule has 0 aliphatic carbocycles. The first-order valence-corrected chi connectivity index (χ1v) is 6.78. The molecule has 0 aliphatic heterocycles. The van der Waals surface area contributed by atoms with Crippen LogP contribution in [0.25, 0.3) is 0 Å². The number of rotatable bonds is 7. The van der Waals surface area contributed by atoms with Gasteiger partial charge in [0.25, 0.3) is 5.91 Å². The van der Waals surface area contributed by atoms with Gasteiger partial charge < -0.3 is 19.2 Å². The summed E-state index contributed by atoms with van der Waals surface area (Å²) in [5, 5.41) is 3.35. The van der Waals surface area contributed by atoms with Crippen LogP contribution < -0.4 is 10.1 Å². The largest absolute Gasteiger partial charge is 0.484 e. The number of ether oxygens (including phenoxy) is 2. The van der Waals surface area contributed by atoms with E-state index in [1.165, 1.54) is 0 Å². The number of hydrogen-bond acceptors (Lipinski definition) is 4. The zero-order valence-corrected chi connectivity index (χ0v) is 12.3. The molecule has 0 saturated heterocycles. The molecule has 0 saturated carbocycles. The Hall–Kier alpha value is -1.98. The Morgan fingerprint density at radius 3 is 2.71 bits per heavy atom. The Kier molecular flexibility index (Phi) is 5.66. The van der Waals surface area contributed by atoms with Crippen molar-refractivity contribution in [2.24, 2.45) is 0 Å². The molecule has 0 fully saturated rings. The molecule has 1 heterocycles. The Morgan fingerprint density at radius 1 is 1.33 bits per heavy atom. The fraction of sp³-hybridized carbons (Fsp3) is 0.267. The zero-order valence-electron chi connectivity index (χ0n) is 11.5. The van der Waals surface area contributed by atoms with Gasteiger partial charge in [-0.15, -0.1) is 0 Å². The van der Waals surface area contributed by atoms with E-state index in [1.807, 2.05) is 0 Å². The minimum absolute atomic E-state index is 0.0732. The summed E-state index contributed by atoms with van der Waals surface area (Å²) < 4.78 is 15.8. The minimum Gasteiger partial charge on any atom is -0.484 e. The van der Waals surface area contributed by atoms with E-state index in [2.05, 4.69) is 5.32 Å². The maximum atomic E-state index is 11.7. The fourth-order valence-corrected chi connectivity index (χ4v) is 1.84. The third-order valence-electron chi connectivity index (χ3n) is 2.81. The number of halogens is 1. The summed E-state index contributed by atoms with van der Waals surface area (Å²) in [4.78, 5) is 11.7. The summed E-state index contributed by atoms with van der Waals surface area (Å²) in [6.07, 6.45) is 1.24. The van der Waals surface area contributed by atoms with Crippen LogP contribution >= 0.6 is 11.6 Å². The highest BCUT2D eigenvalue weighted by Gasteiger charge is 2.14. The maximum absolute atomic E-state index is 11.7. The number of carbonyl (C=O) groups is 1. The molecule has 1 amide bonds. The molecule has 5 nitrogen and oxygen atoms in total. The number of amides is 1. The fourth-order valence-electron chi connectivity index (χ4n) is 1.71. The third kappa shape index (κ3) is 4.81. The second-order valence-corrected chi connectivity index (χ2v) is 4.72. The van der Waals surface area contributed by atoms with Crippen molar-refractivity contribution in [3.05, 3.63) is 53.4 Å². The summed E-state index contributed by atoms with van der Waals surface area (Å²) in [6.45, 7) is 0.239. The number of benzene rings is 1. The molecule has 0 aliphatic rings. The van der Waals surface area contributed by atoms with E-state index in [0.29, 0.717) is 23.1 Å². The molecule has 112 valence electrons. The van der Waals surface area contributed by atoms with Gasteiger partial charge in [0.15, 0.2) is 6.61 Å². The molecule has 0 unspecified atom stereocenters. The highest BCUT2D eigenvalue weighted by Crippen LogP contribution is 2.16. The van der Waals surface area contributed by atoms with Crippen LogP contribution in [0.2, 0.25) is 5.02 Å². The summed E-state index contributed by atoms with van der Waals surface area (Å²) in [6, 6.07) is 10.4. The van der Waals surface area contributed by atoms with E-state index >= 15 is 0 Å². The van der Waals surface area contributed by atoms with Crippen LogP contribution in [0, 0.1) is 0 Å². The van der Waals surface area contributed by atoms with Crippen molar-refractivity contribution >= 4 is 17.5 Å². The van der Waals surface area contributed by atoms with Crippen LogP contribution in [0.5, 0.6) is 5.75 Å². The van der Waals surface area contributed by atoms with Gasteiger partial charge in [0.2, 0.25) is 0 Å². The molecule has 0 spiro atoms. The van der Waals surface area contributed by atoms with Crippen LogP contribution in [-0.4, -0.2) is 26.2 Å². The van der Waals surface area contributed by atoms with E-state index in [1.54, 1.807) is 49.8 Å². The van der Waals surface area contributed by atoms with Crippen molar-refractivity contribution in [3.8, 4) is 5.75 Å². The molecule has 6 heteroatoms. The Morgan fingerprint density at radius 2 is 2.10 bits per heavy atom. The van der Waals surface area contributed by atoms with Crippen molar-refractivity contribution < 1.29 is 18.7 Å². The molecule has 2 aromatic rings. The number of carbonyl (C=O) groups excluding carboxylic acids is 1. The van der Waals surface area contributed by atoms with Gasteiger partial charge in [0.05, 0.1) is 12.8 Å². The Bertz CT molecular complexity index is 554. The van der Waals surface area contributed by atoms with Crippen molar-refractivity contribution in [3.63, 3.8) is 0 Å². The highest BCUT2D eigenvalue weighted by atomic mass is 35.5. The molecular weight excluding hydrogens is 294 g/mol. The van der Waals surface area contributed by atoms with Gasteiger partial charge >= 0.3 is 0 Å². The van der Waals surface area contributed by atoms with Gasteiger partial charge in [-0.1, -0.05) is 11.6 Å². The smallest absolute Gasteiger partial charge is 0.258 e. The van der Waals surface area contributed by atoms with Gasteiger partial charge in [0.1, 0.15) is 17.6 Å². The van der Waals surface area contributed by atoms with Crippen molar-refractivity contribution in [1.82, 2.24) is 5.32 Å². The number of nitrogens with one attached hydrogen (secondary N) is 1. The van der Waals surface area contributed by atoms with Crippen molar-refractivity contribution in [1.29, 1.82) is 0 Å². The lowest BCUT2D eigenvalue weighted by Crippen LogP contribution is -2.32. The molecule has 1 atom stereocenters.